The predicted octanol–water partition coefficient (Wildman–Crippen LogP) is 3.73. The quantitative estimate of drug-likeness (QED) is 0.554. The van der Waals surface area contributed by atoms with E-state index in [1.54, 1.807) is 18.4 Å². The highest BCUT2D eigenvalue weighted by Crippen LogP contribution is 2.28. The third-order valence-corrected chi connectivity index (χ3v) is 4.60. The van der Waals surface area contributed by atoms with Crippen molar-refractivity contribution in [3.8, 4) is 23.1 Å². The van der Waals surface area contributed by atoms with E-state index in [9.17, 15) is 4.79 Å². The molecule has 0 aliphatic rings. The number of amides is 1. The van der Waals surface area contributed by atoms with Gasteiger partial charge in [-0.25, -0.2) is 0 Å². The van der Waals surface area contributed by atoms with Crippen LogP contribution in [0.4, 0.5) is 0 Å². The minimum atomic E-state index is -0.0565. The average Bonchev–Trinajstić information content (AvgIpc) is 3.44. The van der Waals surface area contributed by atoms with Crippen molar-refractivity contribution in [2.45, 2.75) is 26.9 Å². The number of nitrogens with zero attached hydrogens (tertiary/aromatic N) is 3. The molecule has 0 atom stereocenters. The third-order valence-electron chi connectivity index (χ3n) is 4.60. The monoisotopic (exact) mass is 376 g/mol. The van der Waals surface area contributed by atoms with E-state index in [2.05, 4.69) is 15.5 Å². The molecule has 4 aromatic rings. The van der Waals surface area contributed by atoms with Crippen LogP contribution >= 0.6 is 0 Å². The number of rotatable bonds is 6. The van der Waals surface area contributed by atoms with E-state index >= 15 is 0 Å². The Bertz CT molecular complexity index is 1080. The van der Waals surface area contributed by atoms with Crippen LogP contribution in [0.5, 0.6) is 0 Å². The summed E-state index contributed by atoms with van der Waals surface area (Å²) in [4.78, 5) is 12.4. The summed E-state index contributed by atoms with van der Waals surface area (Å²) in [7, 11) is 0. The Labute approximate surface area is 162 Å². The van der Waals surface area contributed by atoms with Gasteiger partial charge in [0.1, 0.15) is 6.54 Å². The highest BCUT2D eigenvalue weighted by molar-refractivity contribution is 5.76. The molecular weight excluding hydrogens is 356 g/mol. The van der Waals surface area contributed by atoms with Crippen LogP contribution in [0.2, 0.25) is 0 Å². The van der Waals surface area contributed by atoms with Crippen molar-refractivity contribution >= 4 is 5.91 Å². The molecule has 7 nitrogen and oxygen atoms in total. The van der Waals surface area contributed by atoms with E-state index in [0.717, 1.165) is 22.5 Å². The molecule has 4 rings (SSSR count). The summed E-state index contributed by atoms with van der Waals surface area (Å²) in [6.45, 7) is 4.61. The highest BCUT2D eigenvalue weighted by atomic mass is 16.4. The first-order valence-corrected chi connectivity index (χ1v) is 8.97. The Morgan fingerprint density at radius 3 is 2.61 bits per heavy atom. The fourth-order valence-electron chi connectivity index (χ4n) is 3.09. The number of hydrogen-bond acceptors (Lipinski definition) is 5. The number of nitrogens with one attached hydrogen (secondary N) is 1. The maximum atomic E-state index is 12.4. The van der Waals surface area contributed by atoms with Crippen LogP contribution in [0.3, 0.4) is 0 Å². The molecule has 0 unspecified atom stereocenters. The molecule has 3 aromatic heterocycles. The topological polar surface area (TPSA) is 86.1 Å². The predicted molar refractivity (Wildman–Crippen MR) is 103 cm³/mol. The van der Waals surface area contributed by atoms with Crippen molar-refractivity contribution in [3.63, 3.8) is 0 Å². The summed E-state index contributed by atoms with van der Waals surface area (Å²) < 4.78 is 13.0. The molecule has 1 amide bonds. The van der Waals surface area contributed by atoms with Crippen molar-refractivity contribution in [2.24, 2.45) is 0 Å². The van der Waals surface area contributed by atoms with Crippen molar-refractivity contribution in [1.29, 1.82) is 0 Å². The normalized spacial score (nSPS) is 10.9. The second-order valence-corrected chi connectivity index (χ2v) is 6.52. The zero-order chi connectivity index (χ0) is 19.5. The van der Waals surface area contributed by atoms with Crippen LogP contribution < -0.4 is 5.32 Å². The Morgan fingerprint density at radius 2 is 1.86 bits per heavy atom. The Balaban J connectivity index is 1.49. The molecule has 7 heteroatoms. The molecule has 0 saturated carbocycles. The molecule has 1 aromatic carbocycles. The third kappa shape index (κ3) is 3.59. The summed E-state index contributed by atoms with van der Waals surface area (Å²) in [6.07, 6.45) is 1.55. The SMILES string of the molecule is Cc1cc(-c2nnc(-c3ccco3)o2)c(C)n1CC(=O)NCc1ccccc1. The summed E-state index contributed by atoms with van der Waals surface area (Å²) >= 11 is 0. The van der Waals surface area contributed by atoms with E-state index in [1.165, 1.54) is 0 Å². The molecule has 0 spiro atoms. The second kappa shape index (κ2) is 7.56. The van der Waals surface area contributed by atoms with Gasteiger partial charge in [0.15, 0.2) is 5.76 Å². The zero-order valence-electron chi connectivity index (χ0n) is 15.7. The van der Waals surface area contributed by atoms with Crippen LogP contribution in [0, 0.1) is 13.8 Å². The minimum Gasteiger partial charge on any atom is -0.459 e. The minimum absolute atomic E-state index is 0.0565. The number of hydrogen-bond donors (Lipinski definition) is 1. The van der Waals surface area contributed by atoms with Crippen molar-refractivity contribution in [3.05, 3.63) is 71.7 Å². The van der Waals surface area contributed by atoms with Gasteiger partial charge in [-0.15, -0.1) is 10.2 Å². The summed E-state index contributed by atoms with van der Waals surface area (Å²) in [6, 6.07) is 15.3. The summed E-state index contributed by atoms with van der Waals surface area (Å²) in [5.74, 6) is 1.19. The molecule has 3 heterocycles. The molecule has 0 saturated heterocycles. The fourth-order valence-corrected chi connectivity index (χ4v) is 3.09. The fraction of sp³-hybridized carbons (Fsp3) is 0.190. The average molecular weight is 376 g/mol. The van der Waals surface area contributed by atoms with Gasteiger partial charge in [0.05, 0.1) is 11.8 Å². The van der Waals surface area contributed by atoms with E-state index < -0.39 is 0 Å². The van der Waals surface area contributed by atoms with Gasteiger partial charge >= 0.3 is 0 Å². The smallest absolute Gasteiger partial charge is 0.283 e. The molecular formula is C21H20N4O3. The van der Waals surface area contributed by atoms with Crippen LogP contribution in [-0.4, -0.2) is 20.7 Å². The van der Waals surface area contributed by atoms with Gasteiger partial charge in [-0.2, -0.15) is 0 Å². The molecule has 0 aliphatic heterocycles. The molecule has 0 bridgehead atoms. The van der Waals surface area contributed by atoms with E-state index in [4.69, 9.17) is 8.83 Å². The van der Waals surface area contributed by atoms with Gasteiger partial charge in [0.25, 0.3) is 5.89 Å². The van der Waals surface area contributed by atoms with Crippen molar-refractivity contribution in [2.75, 3.05) is 0 Å². The molecule has 0 aliphatic carbocycles. The van der Waals surface area contributed by atoms with E-state index in [0.29, 0.717) is 24.1 Å². The standard InChI is InChI=1S/C21H20N4O3/c1-14-11-17(20-23-24-21(28-20)18-9-6-10-27-18)15(2)25(14)13-19(26)22-12-16-7-4-3-5-8-16/h3-11H,12-13H2,1-2H3,(H,22,26). The maximum absolute atomic E-state index is 12.4. The first-order chi connectivity index (χ1) is 13.6. The highest BCUT2D eigenvalue weighted by Gasteiger charge is 2.19. The molecule has 142 valence electrons. The second-order valence-electron chi connectivity index (χ2n) is 6.52. The zero-order valence-corrected chi connectivity index (χ0v) is 15.7. The van der Waals surface area contributed by atoms with Crippen LogP contribution in [0.1, 0.15) is 17.0 Å². The Kier molecular flexibility index (Phi) is 4.80. The van der Waals surface area contributed by atoms with Gasteiger partial charge in [0.2, 0.25) is 11.8 Å². The largest absolute Gasteiger partial charge is 0.459 e. The number of benzene rings is 1. The van der Waals surface area contributed by atoms with Crippen molar-refractivity contribution in [1.82, 2.24) is 20.1 Å². The number of carbonyl (C=O) groups excluding carboxylic acids is 1. The number of aryl methyl sites for hydroxylation is 1. The summed E-state index contributed by atoms with van der Waals surface area (Å²) in [5.41, 5.74) is 3.70. The van der Waals surface area contributed by atoms with E-state index in [-0.39, 0.29) is 12.5 Å². The summed E-state index contributed by atoms with van der Waals surface area (Å²) in [5, 5.41) is 11.1. The first kappa shape index (κ1) is 17.8. The first-order valence-electron chi connectivity index (χ1n) is 8.97. The number of carbonyl (C=O) groups is 1. The molecule has 0 fully saturated rings. The Hall–Kier alpha value is -3.61. The van der Waals surface area contributed by atoms with E-state index in [1.807, 2.05) is 54.8 Å². The van der Waals surface area contributed by atoms with Gasteiger partial charge in [-0.1, -0.05) is 30.3 Å². The van der Waals surface area contributed by atoms with Crippen LogP contribution in [0.15, 0.2) is 63.6 Å². The lowest BCUT2D eigenvalue weighted by atomic mass is 10.2. The number of furan rings is 1. The van der Waals surface area contributed by atoms with Crippen molar-refractivity contribution < 1.29 is 13.6 Å². The van der Waals surface area contributed by atoms with Gasteiger partial charge < -0.3 is 18.7 Å². The van der Waals surface area contributed by atoms with Gasteiger partial charge in [-0.05, 0) is 37.6 Å². The molecule has 0 radical (unpaired) electrons. The number of aromatic nitrogens is 3. The lowest BCUT2D eigenvalue weighted by Crippen LogP contribution is -2.27. The lowest BCUT2D eigenvalue weighted by Gasteiger charge is -2.10. The van der Waals surface area contributed by atoms with Gasteiger partial charge in [-0.3, -0.25) is 4.79 Å². The Morgan fingerprint density at radius 1 is 1.07 bits per heavy atom. The molecule has 28 heavy (non-hydrogen) atoms. The maximum Gasteiger partial charge on any atom is 0.283 e. The molecule has 1 N–H and O–H groups in total. The van der Waals surface area contributed by atoms with Gasteiger partial charge in [0, 0.05) is 17.9 Å². The van der Waals surface area contributed by atoms with Crippen LogP contribution in [-0.2, 0) is 17.9 Å². The van der Waals surface area contributed by atoms with Crippen LogP contribution in [0.25, 0.3) is 23.1 Å². The lowest BCUT2D eigenvalue weighted by molar-refractivity contribution is -0.121.